The highest BCUT2D eigenvalue weighted by molar-refractivity contribution is 5.23. The van der Waals surface area contributed by atoms with Gasteiger partial charge >= 0.3 is 5.69 Å². The lowest BCUT2D eigenvalue weighted by molar-refractivity contribution is -0.103. The molecular weight excluding hydrogens is 268 g/mol. The first kappa shape index (κ1) is 14.3. The molecule has 10 heteroatoms. The van der Waals surface area contributed by atoms with E-state index in [1.807, 2.05) is 0 Å². The Kier molecular flexibility index (Phi) is 3.64. The number of ether oxygens (including phenoxy) is 1. The van der Waals surface area contributed by atoms with Crippen molar-refractivity contribution in [2.75, 3.05) is 5.73 Å². The van der Waals surface area contributed by atoms with Crippen molar-refractivity contribution in [2.45, 2.75) is 37.5 Å². The fourth-order valence-corrected chi connectivity index (χ4v) is 2.13. The van der Waals surface area contributed by atoms with Crippen LogP contribution in [0.3, 0.4) is 0 Å². The quantitative estimate of drug-likeness (QED) is 0.384. The predicted octanol–water partition coefficient (Wildman–Crippen LogP) is -0.507. The molecule has 1 aromatic rings. The minimum absolute atomic E-state index is 0.0242. The standard InChI is InChI=1S/C10H14N6O4/c1-2-10(14-15-12)7(18)6(17)8(20-10)16-4-3-5(11)13-9(16)19/h3-4,6-8,17-18H,2H2,1H3,(H2,11,13,19)/t6-,7+,8-,10+/m1/s1. The van der Waals surface area contributed by atoms with Crippen molar-refractivity contribution >= 4 is 5.82 Å². The average Bonchev–Trinajstić information content (AvgIpc) is 2.65. The molecule has 108 valence electrons. The lowest BCUT2D eigenvalue weighted by Gasteiger charge is -2.24. The summed E-state index contributed by atoms with van der Waals surface area (Å²) in [6.07, 6.45) is -2.70. The van der Waals surface area contributed by atoms with E-state index in [1.54, 1.807) is 6.92 Å². The van der Waals surface area contributed by atoms with Crippen molar-refractivity contribution in [3.63, 3.8) is 0 Å². The van der Waals surface area contributed by atoms with Crippen molar-refractivity contribution in [2.24, 2.45) is 5.11 Å². The van der Waals surface area contributed by atoms with E-state index in [4.69, 9.17) is 16.0 Å². The third-order valence-electron chi connectivity index (χ3n) is 3.25. The van der Waals surface area contributed by atoms with E-state index in [9.17, 15) is 15.0 Å². The molecular formula is C10H14N6O4. The summed E-state index contributed by atoms with van der Waals surface area (Å²) in [6.45, 7) is 1.62. The smallest absolute Gasteiger partial charge is 0.351 e. The summed E-state index contributed by atoms with van der Waals surface area (Å²) >= 11 is 0. The molecule has 1 aliphatic rings. The van der Waals surface area contributed by atoms with Crippen LogP contribution in [-0.4, -0.2) is 37.7 Å². The zero-order valence-electron chi connectivity index (χ0n) is 10.6. The molecule has 0 bridgehead atoms. The van der Waals surface area contributed by atoms with E-state index in [0.717, 1.165) is 4.57 Å². The van der Waals surface area contributed by atoms with Gasteiger partial charge in [0.25, 0.3) is 0 Å². The van der Waals surface area contributed by atoms with Gasteiger partial charge in [-0.25, -0.2) is 4.79 Å². The molecule has 0 radical (unpaired) electrons. The minimum Gasteiger partial charge on any atom is -0.387 e. The molecule has 0 spiro atoms. The molecule has 0 amide bonds. The summed E-state index contributed by atoms with van der Waals surface area (Å²) in [7, 11) is 0. The van der Waals surface area contributed by atoms with Gasteiger partial charge in [0.05, 0.1) is 0 Å². The molecule has 1 aromatic heterocycles. The molecule has 4 N–H and O–H groups in total. The Labute approximate surface area is 113 Å². The van der Waals surface area contributed by atoms with Crippen molar-refractivity contribution in [3.8, 4) is 0 Å². The van der Waals surface area contributed by atoms with Gasteiger partial charge in [-0.05, 0) is 18.0 Å². The normalized spacial score (nSPS) is 32.9. The van der Waals surface area contributed by atoms with Gasteiger partial charge in [0.2, 0.25) is 0 Å². The maximum Gasteiger partial charge on any atom is 0.351 e. The second kappa shape index (κ2) is 5.10. The van der Waals surface area contributed by atoms with Crippen LogP contribution in [0.2, 0.25) is 0 Å². The Hall–Kier alpha value is -2.13. The second-order valence-electron chi connectivity index (χ2n) is 4.37. The van der Waals surface area contributed by atoms with Gasteiger partial charge in [-0.15, -0.1) is 0 Å². The number of rotatable bonds is 3. The zero-order valence-corrected chi connectivity index (χ0v) is 10.6. The second-order valence-corrected chi connectivity index (χ2v) is 4.37. The lowest BCUT2D eigenvalue weighted by Crippen LogP contribution is -2.40. The van der Waals surface area contributed by atoms with E-state index in [2.05, 4.69) is 15.0 Å². The van der Waals surface area contributed by atoms with Gasteiger partial charge < -0.3 is 20.7 Å². The summed E-state index contributed by atoms with van der Waals surface area (Å²) in [6, 6.07) is 1.35. The Bertz CT molecular complexity index is 612. The van der Waals surface area contributed by atoms with E-state index in [0.29, 0.717) is 0 Å². The molecule has 0 saturated carbocycles. The number of aliphatic hydroxyl groups excluding tert-OH is 2. The topological polar surface area (TPSA) is 159 Å². The number of hydrogen-bond acceptors (Lipinski definition) is 7. The van der Waals surface area contributed by atoms with Crippen LogP contribution < -0.4 is 11.4 Å². The number of aromatic nitrogens is 2. The molecule has 0 aromatic carbocycles. The Morgan fingerprint density at radius 3 is 2.95 bits per heavy atom. The number of nitrogens with two attached hydrogens (primary N) is 1. The van der Waals surface area contributed by atoms with Gasteiger partial charge in [-0.1, -0.05) is 12.0 Å². The molecule has 1 fully saturated rings. The van der Waals surface area contributed by atoms with E-state index >= 15 is 0 Å². The van der Waals surface area contributed by atoms with Crippen LogP contribution >= 0.6 is 0 Å². The van der Waals surface area contributed by atoms with Gasteiger partial charge in [0.1, 0.15) is 18.0 Å². The minimum atomic E-state index is -1.63. The van der Waals surface area contributed by atoms with E-state index < -0.39 is 29.9 Å². The highest BCUT2D eigenvalue weighted by Crippen LogP contribution is 2.39. The monoisotopic (exact) mass is 282 g/mol. The van der Waals surface area contributed by atoms with Crippen molar-refractivity contribution < 1.29 is 14.9 Å². The first-order valence-electron chi connectivity index (χ1n) is 5.90. The molecule has 1 saturated heterocycles. The van der Waals surface area contributed by atoms with Crippen LogP contribution in [0.25, 0.3) is 10.4 Å². The Morgan fingerprint density at radius 2 is 2.40 bits per heavy atom. The van der Waals surface area contributed by atoms with Crippen molar-refractivity contribution in [1.29, 1.82) is 0 Å². The van der Waals surface area contributed by atoms with Crippen molar-refractivity contribution in [1.82, 2.24) is 9.55 Å². The molecule has 4 atom stereocenters. The molecule has 2 rings (SSSR count). The number of nitrogens with zero attached hydrogens (tertiary/aromatic N) is 5. The van der Waals surface area contributed by atoms with Crippen LogP contribution in [-0.2, 0) is 4.74 Å². The van der Waals surface area contributed by atoms with Crippen LogP contribution in [0.4, 0.5) is 5.82 Å². The third-order valence-corrected chi connectivity index (χ3v) is 3.25. The number of nitrogen functional groups attached to an aromatic ring is 1. The summed E-state index contributed by atoms with van der Waals surface area (Å²) in [5.74, 6) is 0.0242. The number of aliphatic hydroxyl groups is 2. The fourth-order valence-electron chi connectivity index (χ4n) is 2.13. The van der Waals surface area contributed by atoms with Crippen LogP contribution in [0.1, 0.15) is 19.6 Å². The first-order valence-corrected chi connectivity index (χ1v) is 5.90. The molecule has 0 aliphatic carbocycles. The van der Waals surface area contributed by atoms with Gasteiger partial charge in [-0.2, -0.15) is 4.98 Å². The fraction of sp³-hybridized carbons (Fsp3) is 0.600. The molecule has 20 heavy (non-hydrogen) atoms. The summed E-state index contributed by atoms with van der Waals surface area (Å²) in [4.78, 5) is 17.9. The van der Waals surface area contributed by atoms with Gasteiger partial charge in [-0.3, -0.25) is 4.57 Å². The maximum absolute atomic E-state index is 11.7. The third kappa shape index (κ3) is 2.10. The lowest BCUT2D eigenvalue weighted by atomic mass is 10.0. The SMILES string of the molecule is CC[C@]1(N=[N+]=[N-])O[C@@H](n2ccc(N)nc2=O)[C@H](O)[C@@H]1O. The predicted molar refractivity (Wildman–Crippen MR) is 67.2 cm³/mol. The van der Waals surface area contributed by atoms with Crippen LogP contribution in [0, 0.1) is 0 Å². The highest BCUT2D eigenvalue weighted by Gasteiger charge is 2.53. The van der Waals surface area contributed by atoms with Gasteiger partial charge in [0, 0.05) is 11.1 Å². The van der Waals surface area contributed by atoms with Crippen LogP contribution in [0.15, 0.2) is 22.2 Å². The molecule has 1 aliphatic heterocycles. The number of azide groups is 1. The Balaban J connectivity index is 2.45. The Morgan fingerprint density at radius 1 is 1.70 bits per heavy atom. The summed E-state index contributed by atoms with van der Waals surface area (Å²) in [5.41, 5.74) is 11.6. The molecule has 0 unspecified atom stereocenters. The molecule has 10 nitrogen and oxygen atoms in total. The van der Waals surface area contributed by atoms with Crippen molar-refractivity contribution in [3.05, 3.63) is 33.2 Å². The maximum atomic E-state index is 11.7. The zero-order chi connectivity index (χ0) is 14.9. The molecule has 2 heterocycles. The van der Waals surface area contributed by atoms with E-state index in [-0.39, 0.29) is 12.2 Å². The number of anilines is 1. The summed E-state index contributed by atoms with van der Waals surface area (Å²) < 4.78 is 6.41. The van der Waals surface area contributed by atoms with E-state index in [1.165, 1.54) is 12.3 Å². The first-order chi connectivity index (χ1) is 9.45. The highest BCUT2D eigenvalue weighted by atomic mass is 16.6. The largest absolute Gasteiger partial charge is 0.387 e. The van der Waals surface area contributed by atoms with Gasteiger partial charge in [0.15, 0.2) is 12.0 Å². The van der Waals surface area contributed by atoms with Crippen LogP contribution in [0.5, 0.6) is 0 Å². The number of hydrogen-bond donors (Lipinski definition) is 3. The average molecular weight is 282 g/mol. The summed E-state index contributed by atoms with van der Waals surface area (Å²) in [5, 5.41) is 23.5.